The molecule has 2 aliphatic heterocycles. The highest BCUT2D eigenvalue weighted by atomic mass is 16.5. The molecule has 2 aliphatic rings. The first-order chi connectivity index (χ1) is 15.9. The van der Waals surface area contributed by atoms with Crippen molar-refractivity contribution in [2.75, 3.05) is 39.3 Å². The first-order valence-corrected chi connectivity index (χ1v) is 10.8. The van der Waals surface area contributed by atoms with Crippen molar-refractivity contribution in [1.82, 2.24) is 4.90 Å². The number of imide groups is 1. The van der Waals surface area contributed by atoms with Crippen LogP contribution < -0.4 is 19.1 Å². The van der Waals surface area contributed by atoms with E-state index in [1.165, 1.54) is 19.1 Å². The first-order valence-electron chi connectivity index (χ1n) is 10.8. The smallest absolute Gasteiger partial charge is 0.282 e. The predicted octanol–water partition coefficient (Wildman–Crippen LogP) is 3.11. The molecule has 1 saturated heterocycles. The number of benzene rings is 2. The van der Waals surface area contributed by atoms with Crippen molar-refractivity contribution < 1.29 is 28.5 Å². The average Bonchev–Trinajstić information content (AvgIpc) is 3.07. The van der Waals surface area contributed by atoms with Gasteiger partial charge in [-0.2, -0.15) is 0 Å². The summed E-state index contributed by atoms with van der Waals surface area (Å²) in [4.78, 5) is 30.8. The zero-order valence-corrected chi connectivity index (χ0v) is 19.5. The SMILES string of the molecule is COc1ccc(N2C(=O)C(c3ccccc3OC)=C(N3CC(C)OC(C)C3)C2=O)cc1OC. The van der Waals surface area contributed by atoms with Gasteiger partial charge in [-0.15, -0.1) is 0 Å². The second-order valence-electron chi connectivity index (χ2n) is 8.07. The summed E-state index contributed by atoms with van der Waals surface area (Å²) in [6.45, 7) is 4.91. The minimum absolute atomic E-state index is 0.0850. The first kappa shape index (κ1) is 22.7. The van der Waals surface area contributed by atoms with E-state index in [9.17, 15) is 9.59 Å². The summed E-state index contributed by atoms with van der Waals surface area (Å²) < 4.78 is 22.1. The number of para-hydroxylation sites is 1. The maximum Gasteiger partial charge on any atom is 0.282 e. The lowest BCUT2D eigenvalue weighted by Gasteiger charge is -2.37. The standard InChI is InChI=1S/C25H28N2O6/c1-15-13-26(14-16(2)33-15)23-22(18-8-6-7-9-19(18)30-3)24(28)27(25(23)29)17-10-11-20(31-4)21(12-17)32-5/h6-12,15-16H,13-14H2,1-5H3. The number of rotatable bonds is 6. The Bertz CT molecular complexity index is 1100. The van der Waals surface area contributed by atoms with Crippen LogP contribution in [0.15, 0.2) is 48.2 Å². The number of carbonyl (C=O) groups is 2. The monoisotopic (exact) mass is 452 g/mol. The van der Waals surface area contributed by atoms with Crippen LogP contribution in [-0.2, 0) is 14.3 Å². The summed E-state index contributed by atoms with van der Waals surface area (Å²) in [5.74, 6) is 0.647. The van der Waals surface area contributed by atoms with Crippen molar-refractivity contribution in [2.24, 2.45) is 0 Å². The summed E-state index contributed by atoms with van der Waals surface area (Å²) in [5.41, 5.74) is 1.64. The number of methoxy groups -OCH3 is 3. The molecular formula is C25H28N2O6. The third-order valence-corrected chi connectivity index (χ3v) is 5.80. The molecule has 2 heterocycles. The van der Waals surface area contributed by atoms with Gasteiger partial charge in [-0.3, -0.25) is 9.59 Å². The topological polar surface area (TPSA) is 77.5 Å². The Labute approximate surface area is 193 Å². The van der Waals surface area contributed by atoms with Gasteiger partial charge in [0.15, 0.2) is 11.5 Å². The number of anilines is 1. The molecule has 8 heteroatoms. The predicted molar refractivity (Wildman–Crippen MR) is 124 cm³/mol. The number of carbonyl (C=O) groups excluding carboxylic acids is 2. The molecule has 2 aromatic rings. The summed E-state index contributed by atoms with van der Waals surface area (Å²) in [5, 5.41) is 0. The molecule has 2 aromatic carbocycles. The van der Waals surface area contributed by atoms with Gasteiger partial charge < -0.3 is 23.8 Å². The lowest BCUT2D eigenvalue weighted by molar-refractivity contribution is -0.121. The minimum Gasteiger partial charge on any atom is -0.496 e. The van der Waals surface area contributed by atoms with Gasteiger partial charge in [0.2, 0.25) is 0 Å². The van der Waals surface area contributed by atoms with E-state index in [0.29, 0.717) is 52.9 Å². The summed E-state index contributed by atoms with van der Waals surface area (Å²) >= 11 is 0. The third-order valence-electron chi connectivity index (χ3n) is 5.80. The molecule has 0 saturated carbocycles. The number of hydrogen-bond acceptors (Lipinski definition) is 7. The Balaban J connectivity index is 1.86. The number of nitrogens with zero attached hydrogens (tertiary/aromatic N) is 2. The van der Waals surface area contributed by atoms with Gasteiger partial charge in [-0.1, -0.05) is 18.2 Å². The van der Waals surface area contributed by atoms with Gasteiger partial charge in [-0.05, 0) is 32.0 Å². The van der Waals surface area contributed by atoms with Crippen LogP contribution in [-0.4, -0.2) is 63.3 Å². The molecule has 8 nitrogen and oxygen atoms in total. The fourth-order valence-corrected chi connectivity index (χ4v) is 4.46. The van der Waals surface area contributed by atoms with Crippen LogP contribution in [0.4, 0.5) is 5.69 Å². The molecule has 0 aliphatic carbocycles. The maximum absolute atomic E-state index is 13.8. The lowest BCUT2D eigenvalue weighted by Crippen LogP contribution is -2.47. The Kier molecular flexibility index (Phi) is 6.29. The highest BCUT2D eigenvalue weighted by Crippen LogP contribution is 2.41. The summed E-state index contributed by atoms with van der Waals surface area (Å²) in [6, 6.07) is 12.2. The number of ether oxygens (including phenoxy) is 4. The van der Waals surface area contributed by atoms with Crippen LogP contribution in [0.25, 0.3) is 5.57 Å². The highest BCUT2D eigenvalue weighted by molar-refractivity contribution is 6.45. The van der Waals surface area contributed by atoms with E-state index in [1.807, 2.05) is 30.9 Å². The lowest BCUT2D eigenvalue weighted by atomic mass is 10.0. The van der Waals surface area contributed by atoms with Crippen LogP contribution >= 0.6 is 0 Å². The highest BCUT2D eigenvalue weighted by Gasteiger charge is 2.44. The van der Waals surface area contributed by atoms with E-state index in [0.717, 1.165) is 0 Å². The van der Waals surface area contributed by atoms with Crippen LogP contribution in [0, 0.1) is 0 Å². The van der Waals surface area contributed by atoms with Gasteiger partial charge in [0.05, 0.1) is 44.8 Å². The summed E-state index contributed by atoms with van der Waals surface area (Å²) in [7, 11) is 4.59. The molecule has 2 amide bonds. The molecular weight excluding hydrogens is 424 g/mol. The van der Waals surface area contributed by atoms with Gasteiger partial charge >= 0.3 is 0 Å². The van der Waals surface area contributed by atoms with E-state index in [2.05, 4.69) is 0 Å². The van der Waals surface area contributed by atoms with Gasteiger partial charge in [0, 0.05) is 24.7 Å². The minimum atomic E-state index is -0.418. The molecule has 0 radical (unpaired) electrons. The molecule has 0 aromatic heterocycles. The van der Waals surface area contributed by atoms with Crippen LogP contribution in [0.1, 0.15) is 19.4 Å². The van der Waals surface area contributed by atoms with E-state index >= 15 is 0 Å². The molecule has 0 bridgehead atoms. The number of amides is 2. The van der Waals surface area contributed by atoms with Gasteiger partial charge in [0.1, 0.15) is 11.4 Å². The quantitative estimate of drug-likeness (QED) is 0.624. The van der Waals surface area contributed by atoms with Crippen molar-refractivity contribution in [3.05, 3.63) is 53.7 Å². The third kappa shape index (κ3) is 4.02. The van der Waals surface area contributed by atoms with Crippen LogP contribution in [0.2, 0.25) is 0 Å². The maximum atomic E-state index is 13.8. The van der Waals surface area contributed by atoms with Crippen molar-refractivity contribution in [3.63, 3.8) is 0 Å². The Hall–Kier alpha value is -3.52. The number of morpholine rings is 1. The molecule has 2 atom stereocenters. The normalized spacial score (nSPS) is 21.0. The molecule has 33 heavy (non-hydrogen) atoms. The zero-order chi connectivity index (χ0) is 23.7. The Morgan fingerprint density at radius 1 is 0.818 bits per heavy atom. The molecule has 4 rings (SSSR count). The van der Waals surface area contributed by atoms with E-state index < -0.39 is 11.8 Å². The summed E-state index contributed by atoms with van der Waals surface area (Å²) in [6.07, 6.45) is -0.170. The number of hydrogen-bond donors (Lipinski definition) is 0. The Morgan fingerprint density at radius 3 is 2.09 bits per heavy atom. The van der Waals surface area contributed by atoms with E-state index in [4.69, 9.17) is 18.9 Å². The fraction of sp³-hybridized carbons (Fsp3) is 0.360. The van der Waals surface area contributed by atoms with Crippen LogP contribution in [0.5, 0.6) is 17.2 Å². The van der Waals surface area contributed by atoms with Crippen molar-refractivity contribution >= 4 is 23.1 Å². The van der Waals surface area contributed by atoms with Crippen molar-refractivity contribution in [1.29, 1.82) is 0 Å². The largest absolute Gasteiger partial charge is 0.496 e. The van der Waals surface area contributed by atoms with E-state index in [1.54, 1.807) is 37.4 Å². The molecule has 174 valence electrons. The van der Waals surface area contributed by atoms with Crippen LogP contribution in [0.3, 0.4) is 0 Å². The Morgan fingerprint density at radius 2 is 1.45 bits per heavy atom. The molecule has 0 N–H and O–H groups in total. The zero-order valence-electron chi connectivity index (χ0n) is 19.5. The second-order valence-corrected chi connectivity index (χ2v) is 8.07. The molecule has 0 spiro atoms. The average molecular weight is 453 g/mol. The van der Waals surface area contributed by atoms with Gasteiger partial charge in [-0.25, -0.2) is 4.90 Å². The molecule has 2 unspecified atom stereocenters. The van der Waals surface area contributed by atoms with E-state index in [-0.39, 0.29) is 12.2 Å². The van der Waals surface area contributed by atoms with Gasteiger partial charge in [0.25, 0.3) is 11.8 Å². The fourth-order valence-electron chi connectivity index (χ4n) is 4.46. The molecule has 1 fully saturated rings. The second kappa shape index (κ2) is 9.15. The van der Waals surface area contributed by atoms with Crippen molar-refractivity contribution in [2.45, 2.75) is 26.1 Å². The van der Waals surface area contributed by atoms with Crippen molar-refractivity contribution in [3.8, 4) is 17.2 Å².